The van der Waals surface area contributed by atoms with Gasteiger partial charge in [-0.2, -0.15) is 0 Å². The molecule has 1 aromatic carbocycles. The number of carbonyl (C=O) groups excluding carboxylic acids is 2. The monoisotopic (exact) mass is 313 g/mol. The highest BCUT2D eigenvalue weighted by atomic mass is 35.5. The topological polar surface area (TPSA) is 73.9 Å². The van der Waals surface area contributed by atoms with E-state index in [4.69, 9.17) is 21.1 Å². The maximum atomic E-state index is 12.0. The number of benzene rings is 1. The minimum atomic E-state index is -0.728. The molecule has 0 aromatic heterocycles. The minimum Gasteiger partial charge on any atom is -0.500 e. The van der Waals surface area contributed by atoms with Gasteiger partial charge in [0.25, 0.3) is 5.91 Å². The van der Waals surface area contributed by atoms with E-state index in [0.717, 1.165) is 6.26 Å². The number of hydrogen-bond donors (Lipinski definition) is 1. The second-order valence-corrected chi connectivity index (χ2v) is 4.25. The Balaban J connectivity index is 3.14. The van der Waals surface area contributed by atoms with E-state index in [1.165, 1.54) is 26.4 Å². The van der Waals surface area contributed by atoms with Gasteiger partial charge in [-0.05, 0) is 25.1 Å². The summed E-state index contributed by atoms with van der Waals surface area (Å²) in [6.07, 6.45) is 1.09. The number of amides is 1. The molecular weight excluding hydrogens is 298 g/mol. The van der Waals surface area contributed by atoms with E-state index in [1.807, 2.05) is 0 Å². The van der Waals surface area contributed by atoms with Crippen molar-refractivity contribution in [2.75, 3.05) is 20.8 Å². The molecule has 0 fully saturated rings. The van der Waals surface area contributed by atoms with Crippen LogP contribution in [0.3, 0.4) is 0 Å². The molecule has 0 aliphatic carbocycles. The molecule has 0 radical (unpaired) electrons. The summed E-state index contributed by atoms with van der Waals surface area (Å²) in [5.41, 5.74) is 0.204. The zero-order valence-corrected chi connectivity index (χ0v) is 12.7. The van der Waals surface area contributed by atoms with Gasteiger partial charge < -0.3 is 19.5 Å². The molecule has 0 saturated carbocycles. The number of esters is 1. The van der Waals surface area contributed by atoms with E-state index < -0.39 is 5.97 Å². The van der Waals surface area contributed by atoms with Gasteiger partial charge in [0.15, 0.2) is 0 Å². The van der Waals surface area contributed by atoms with Crippen LogP contribution >= 0.6 is 11.6 Å². The van der Waals surface area contributed by atoms with Gasteiger partial charge in [0.1, 0.15) is 12.0 Å². The van der Waals surface area contributed by atoms with Crippen LogP contribution in [0.4, 0.5) is 0 Å². The number of halogens is 1. The first-order valence-electron chi connectivity index (χ1n) is 6.10. The van der Waals surface area contributed by atoms with E-state index in [0.29, 0.717) is 11.6 Å². The molecule has 0 saturated heterocycles. The molecule has 0 aliphatic heterocycles. The summed E-state index contributed by atoms with van der Waals surface area (Å²) in [5.74, 6) is -1.11. The SMILES string of the molecule is CCNC(=O)c1cc(Cl)ccc1OC(=COC)C(=O)OC. The maximum Gasteiger partial charge on any atom is 0.377 e. The molecule has 0 atom stereocenters. The number of carbonyl (C=O) groups is 2. The Labute approximate surface area is 127 Å². The van der Waals surface area contributed by atoms with E-state index in [-0.39, 0.29) is 23.0 Å². The second-order valence-electron chi connectivity index (χ2n) is 3.81. The lowest BCUT2D eigenvalue weighted by molar-refractivity contribution is -0.138. The summed E-state index contributed by atoms with van der Waals surface area (Å²) in [4.78, 5) is 23.5. The Hall–Kier alpha value is -2.21. The molecule has 1 aromatic rings. The summed E-state index contributed by atoms with van der Waals surface area (Å²) in [7, 11) is 2.57. The first kappa shape index (κ1) is 16.8. The van der Waals surface area contributed by atoms with Gasteiger partial charge in [0.2, 0.25) is 5.76 Å². The third-order valence-corrected chi connectivity index (χ3v) is 2.59. The van der Waals surface area contributed by atoms with Gasteiger partial charge in [-0.25, -0.2) is 4.79 Å². The van der Waals surface area contributed by atoms with Crippen molar-refractivity contribution < 1.29 is 23.8 Å². The van der Waals surface area contributed by atoms with Crippen LogP contribution in [0.5, 0.6) is 5.75 Å². The van der Waals surface area contributed by atoms with Crippen LogP contribution in [0.25, 0.3) is 0 Å². The largest absolute Gasteiger partial charge is 0.500 e. The lowest BCUT2D eigenvalue weighted by atomic mass is 10.2. The quantitative estimate of drug-likeness (QED) is 0.495. The number of rotatable bonds is 6. The number of nitrogens with one attached hydrogen (secondary N) is 1. The van der Waals surface area contributed by atoms with Crippen LogP contribution in [0.15, 0.2) is 30.2 Å². The number of ether oxygens (including phenoxy) is 3. The Kier molecular flexibility index (Phi) is 6.55. The molecule has 1 amide bonds. The molecule has 7 heteroatoms. The highest BCUT2D eigenvalue weighted by molar-refractivity contribution is 6.31. The third kappa shape index (κ3) is 4.68. The zero-order valence-electron chi connectivity index (χ0n) is 11.9. The standard InChI is InChI=1S/C14H16ClNO5/c1-4-16-13(17)10-7-9(15)5-6-11(10)21-12(8-19-2)14(18)20-3/h5-8H,4H2,1-3H3,(H,16,17). The van der Waals surface area contributed by atoms with Gasteiger partial charge in [-0.3, -0.25) is 4.79 Å². The molecular formula is C14H16ClNO5. The van der Waals surface area contributed by atoms with Crippen LogP contribution in [0.1, 0.15) is 17.3 Å². The Morgan fingerprint density at radius 2 is 2.05 bits per heavy atom. The summed E-state index contributed by atoms with van der Waals surface area (Å²) < 4.78 is 14.7. The van der Waals surface area contributed by atoms with E-state index in [1.54, 1.807) is 13.0 Å². The van der Waals surface area contributed by atoms with Crippen molar-refractivity contribution in [2.24, 2.45) is 0 Å². The normalized spacial score (nSPS) is 10.8. The van der Waals surface area contributed by atoms with Gasteiger partial charge in [0, 0.05) is 11.6 Å². The molecule has 1 rings (SSSR count). The van der Waals surface area contributed by atoms with Gasteiger partial charge in [-0.1, -0.05) is 11.6 Å². The van der Waals surface area contributed by atoms with Crippen molar-refractivity contribution in [3.63, 3.8) is 0 Å². The maximum absolute atomic E-state index is 12.0. The minimum absolute atomic E-state index is 0.166. The molecule has 0 spiro atoms. The summed E-state index contributed by atoms with van der Waals surface area (Å²) in [6, 6.07) is 4.48. The van der Waals surface area contributed by atoms with Crippen LogP contribution in [0.2, 0.25) is 5.02 Å². The van der Waals surface area contributed by atoms with E-state index in [2.05, 4.69) is 10.1 Å². The summed E-state index contributed by atoms with van der Waals surface area (Å²) in [6.45, 7) is 2.23. The van der Waals surface area contributed by atoms with Crippen molar-refractivity contribution in [1.29, 1.82) is 0 Å². The van der Waals surface area contributed by atoms with Crippen LogP contribution in [-0.4, -0.2) is 32.6 Å². The zero-order chi connectivity index (χ0) is 15.8. The highest BCUT2D eigenvalue weighted by Crippen LogP contribution is 2.25. The fourth-order valence-electron chi connectivity index (χ4n) is 1.46. The first-order valence-corrected chi connectivity index (χ1v) is 6.48. The number of hydrogen-bond acceptors (Lipinski definition) is 5. The van der Waals surface area contributed by atoms with E-state index in [9.17, 15) is 9.59 Å². The van der Waals surface area contributed by atoms with Crippen molar-refractivity contribution in [3.05, 3.63) is 40.8 Å². The van der Waals surface area contributed by atoms with Gasteiger partial charge in [0.05, 0.1) is 19.8 Å². The Bertz CT molecular complexity index is 556. The Morgan fingerprint density at radius 3 is 2.62 bits per heavy atom. The molecule has 21 heavy (non-hydrogen) atoms. The molecule has 1 N–H and O–H groups in total. The molecule has 114 valence electrons. The Morgan fingerprint density at radius 1 is 1.33 bits per heavy atom. The van der Waals surface area contributed by atoms with E-state index >= 15 is 0 Å². The fraction of sp³-hybridized carbons (Fsp3) is 0.286. The predicted molar refractivity (Wildman–Crippen MR) is 77.2 cm³/mol. The number of methoxy groups -OCH3 is 2. The summed E-state index contributed by atoms with van der Waals surface area (Å²) in [5, 5.41) is 3.01. The molecule has 0 bridgehead atoms. The van der Waals surface area contributed by atoms with Crippen molar-refractivity contribution in [2.45, 2.75) is 6.92 Å². The van der Waals surface area contributed by atoms with Crippen LogP contribution in [-0.2, 0) is 14.3 Å². The lowest BCUT2D eigenvalue weighted by Crippen LogP contribution is -2.23. The van der Waals surface area contributed by atoms with Crippen molar-refractivity contribution in [1.82, 2.24) is 5.32 Å². The lowest BCUT2D eigenvalue weighted by Gasteiger charge is -2.12. The molecule has 0 unspecified atom stereocenters. The molecule has 6 nitrogen and oxygen atoms in total. The molecule has 0 aliphatic rings. The highest BCUT2D eigenvalue weighted by Gasteiger charge is 2.18. The van der Waals surface area contributed by atoms with Gasteiger partial charge >= 0.3 is 5.97 Å². The summed E-state index contributed by atoms with van der Waals surface area (Å²) >= 11 is 5.88. The van der Waals surface area contributed by atoms with Crippen molar-refractivity contribution in [3.8, 4) is 5.75 Å². The van der Waals surface area contributed by atoms with Crippen molar-refractivity contribution >= 4 is 23.5 Å². The third-order valence-electron chi connectivity index (χ3n) is 2.35. The predicted octanol–water partition coefficient (Wildman–Crippen LogP) is 2.13. The average molecular weight is 314 g/mol. The van der Waals surface area contributed by atoms with Gasteiger partial charge in [-0.15, -0.1) is 0 Å². The fourth-order valence-corrected chi connectivity index (χ4v) is 1.64. The van der Waals surface area contributed by atoms with Crippen LogP contribution < -0.4 is 10.1 Å². The first-order chi connectivity index (χ1) is 10.0. The van der Waals surface area contributed by atoms with Crippen LogP contribution in [0, 0.1) is 0 Å². The average Bonchev–Trinajstić information content (AvgIpc) is 2.47. The molecule has 0 heterocycles. The second kappa shape index (κ2) is 8.16. The smallest absolute Gasteiger partial charge is 0.377 e.